The zero-order valence-electron chi connectivity index (χ0n) is 17.8. The molecule has 0 aliphatic carbocycles. The molecule has 2 rings (SSSR count). The van der Waals surface area contributed by atoms with Crippen molar-refractivity contribution < 1.29 is 23.7 Å². The van der Waals surface area contributed by atoms with E-state index >= 15 is 0 Å². The van der Waals surface area contributed by atoms with Crippen LogP contribution in [-0.4, -0.2) is 33.3 Å². The SMILES string of the molecule is COc1ccc(/C=C/C(=O)NC(C)c2ccc(OC(C)C)c(OC)c2)cc1OC. The van der Waals surface area contributed by atoms with E-state index in [1.165, 1.54) is 6.08 Å². The van der Waals surface area contributed by atoms with Gasteiger partial charge < -0.3 is 24.3 Å². The minimum absolute atomic E-state index is 0.0496. The summed E-state index contributed by atoms with van der Waals surface area (Å²) in [5.74, 6) is 2.37. The normalized spacial score (nSPS) is 12.0. The summed E-state index contributed by atoms with van der Waals surface area (Å²) >= 11 is 0. The number of hydrogen-bond donors (Lipinski definition) is 1. The van der Waals surface area contributed by atoms with Gasteiger partial charge in [0.2, 0.25) is 5.91 Å². The van der Waals surface area contributed by atoms with Gasteiger partial charge in [0.25, 0.3) is 0 Å². The number of carbonyl (C=O) groups excluding carboxylic acids is 1. The number of rotatable bonds is 9. The average molecular weight is 399 g/mol. The molecule has 1 amide bonds. The standard InChI is InChI=1S/C23H29NO5/c1-15(2)29-20-11-9-18(14-22(20)28-6)16(3)24-23(25)12-8-17-7-10-19(26-4)21(13-17)27-5/h7-16H,1-6H3,(H,24,25)/b12-8+. The number of nitrogens with one attached hydrogen (secondary N) is 1. The van der Waals surface area contributed by atoms with Crippen molar-refractivity contribution in [3.05, 3.63) is 53.6 Å². The van der Waals surface area contributed by atoms with Crippen molar-refractivity contribution in [3.63, 3.8) is 0 Å². The van der Waals surface area contributed by atoms with Gasteiger partial charge in [-0.3, -0.25) is 4.79 Å². The molecule has 0 spiro atoms. The van der Waals surface area contributed by atoms with Crippen LogP contribution in [0.1, 0.15) is 37.9 Å². The van der Waals surface area contributed by atoms with Crippen molar-refractivity contribution in [2.24, 2.45) is 0 Å². The van der Waals surface area contributed by atoms with E-state index in [0.29, 0.717) is 23.0 Å². The van der Waals surface area contributed by atoms with Gasteiger partial charge in [-0.25, -0.2) is 0 Å². The van der Waals surface area contributed by atoms with E-state index in [2.05, 4.69) is 5.32 Å². The van der Waals surface area contributed by atoms with E-state index in [1.54, 1.807) is 33.5 Å². The lowest BCUT2D eigenvalue weighted by molar-refractivity contribution is -0.117. The van der Waals surface area contributed by atoms with Crippen LogP contribution in [0.2, 0.25) is 0 Å². The second kappa shape index (κ2) is 10.4. The number of methoxy groups -OCH3 is 3. The second-order valence-corrected chi connectivity index (χ2v) is 6.75. The van der Waals surface area contributed by atoms with E-state index in [9.17, 15) is 4.79 Å². The first-order valence-corrected chi connectivity index (χ1v) is 9.43. The van der Waals surface area contributed by atoms with Crippen molar-refractivity contribution in [3.8, 4) is 23.0 Å². The van der Waals surface area contributed by atoms with Crippen molar-refractivity contribution in [2.75, 3.05) is 21.3 Å². The second-order valence-electron chi connectivity index (χ2n) is 6.75. The number of carbonyl (C=O) groups is 1. The van der Waals surface area contributed by atoms with Gasteiger partial charge in [0.1, 0.15) is 0 Å². The molecule has 2 aromatic rings. The van der Waals surface area contributed by atoms with Crippen LogP contribution in [0.5, 0.6) is 23.0 Å². The summed E-state index contributed by atoms with van der Waals surface area (Å²) in [6, 6.07) is 10.9. The van der Waals surface area contributed by atoms with Crippen molar-refractivity contribution >= 4 is 12.0 Å². The molecule has 1 N–H and O–H groups in total. The maximum absolute atomic E-state index is 12.3. The molecule has 0 fully saturated rings. The maximum atomic E-state index is 12.3. The lowest BCUT2D eigenvalue weighted by Crippen LogP contribution is -2.24. The van der Waals surface area contributed by atoms with Gasteiger partial charge >= 0.3 is 0 Å². The Labute approximate surface area is 172 Å². The molecule has 0 aromatic heterocycles. The predicted octanol–water partition coefficient (Wildman–Crippen LogP) is 4.39. The number of hydrogen-bond acceptors (Lipinski definition) is 5. The Morgan fingerprint density at radius 2 is 1.48 bits per heavy atom. The summed E-state index contributed by atoms with van der Waals surface area (Å²) in [5, 5.41) is 2.95. The summed E-state index contributed by atoms with van der Waals surface area (Å²) in [4.78, 5) is 12.3. The molecule has 0 saturated carbocycles. The summed E-state index contributed by atoms with van der Waals surface area (Å²) < 4.78 is 21.6. The smallest absolute Gasteiger partial charge is 0.244 e. The first-order chi connectivity index (χ1) is 13.9. The van der Waals surface area contributed by atoms with E-state index in [-0.39, 0.29) is 18.1 Å². The molecule has 0 radical (unpaired) electrons. The van der Waals surface area contributed by atoms with E-state index in [1.807, 2.05) is 51.1 Å². The number of benzene rings is 2. The van der Waals surface area contributed by atoms with E-state index in [4.69, 9.17) is 18.9 Å². The monoisotopic (exact) mass is 399 g/mol. The van der Waals surface area contributed by atoms with Crippen LogP contribution in [-0.2, 0) is 4.79 Å². The van der Waals surface area contributed by atoms with Crippen LogP contribution in [0.3, 0.4) is 0 Å². The highest BCUT2D eigenvalue weighted by Crippen LogP contribution is 2.31. The summed E-state index contributed by atoms with van der Waals surface area (Å²) in [6.07, 6.45) is 3.27. The minimum atomic E-state index is -0.200. The Morgan fingerprint density at radius 3 is 2.10 bits per heavy atom. The fourth-order valence-corrected chi connectivity index (χ4v) is 2.78. The fourth-order valence-electron chi connectivity index (χ4n) is 2.78. The third kappa shape index (κ3) is 6.17. The van der Waals surface area contributed by atoms with Crippen molar-refractivity contribution in [1.29, 1.82) is 0 Å². The molecule has 0 aliphatic rings. The highest BCUT2D eigenvalue weighted by Gasteiger charge is 2.13. The molecule has 0 aliphatic heterocycles. The summed E-state index contributed by atoms with van der Waals surface area (Å²) in [7, 11) is 4.76. The molecule has 1 unspecified atom stereocenters. The van der Waals surface area contributed by atoms with Crippen LogP contribution in [0, 0.1) is 0 Å². The Morgan fingerprint density at radius 1 is 0.862 bits per heavy atom. The van der Waals surface area contributed by atoms with Crippen LogP contribution in [0.25, 0.3) is 6.08 Å². The molecule has 29 heavy (non-hydrogen) atoms. The summed E-state index contributed by atoms with van der Waals surface area (Å²) in [5.41, 5.74) is 1.76. The largest absolute Gasteiger partial charge is 0.493 e. The highest BCUT2D eigenvalue weighted by atomic mass is 16.5. The molecular formula is C23H29NO5. The molecule has 0 saturated heterocycles. The van der Waals surface area contributed by atoms with Crippen LogP contribution >= 0.6 is 0 Å². The average Bonchev–Trinajstić information content (AvgIpc) is 2.71. The Balaban J connectivity index is 2.06. The number of amides is 1. The Kier molecular flexibility index (Phi) is 7.95. The van der Waals surface area contributed by atoms with Crippen LogP contribution < -0.4 is 24.3 Å². The first-order valence-electron chi connectivity index (χ1n) is 9.43. The zero-order valence-corrected chi connectivity index (χ0v) is 17.8. The Hall–Kier alpha value is -3.15. The minimum Gasteiger partial charge on any atom is -0.493 e. The van der Waals surface area contributed by atoms with E-state index in [0.717, 1.165) is 11.1 Å². The molecule has 6 nitrogen and oxygen atoms in total. The molecule has 2 aromatic carbocycles. The Bertz CT molecular complexity index is 860. The predicted molar refractivity (Wildman–Crippen MR) is 114 cm³/mol. The molecule has 0 bridgehead atoms. The van der Waals surface area contributed by atoms with Gasteiger partial charge in [-0.05, 0) is 62.2 Å². The topological polar surface area (TPSA) is 66.0 Å². The molecule has 1 atom stereocenters. The van der Waals surface area contributed by atoms with Crippen molar-refractivity contribution in [1.82, 2.24) is 5.32 Å². The van der Waals surface area contributed by atoms with Gasteiger partial charge in [-0.15, -0.1) is 0 Å². The van der Waals surface area contributed by atoms with E-state index < -0.39 is 0 Å². The number of ether oxygens (including phenoxy) is 4. The lowest BCUT2D eigenvalue weighted by Gasteiger charge is -2.17. The third-order valence-electron chi connectivity index (χ3n) is 4.24. The molecule has 0 heterocycles. The van der Waals surface area contributed by atoms with Gasteiger partial charge in [0.05, 0.1) is 33.5 Å². The van der Waals surface area contributed by atoms with Gasteiger partial charge in [-0.1, -0.05) is 12.1 Å². The summed E-state index contributed by atoms with van der Waals surface area (Å²) in [6.45, 7) is 5.84. The van der Waals surface area contributed by atoms with Gasteiger partial charge in [0, 0.05) is 6.08 Å². The highest BCUT2D eigenvalue weighted by molar-refractivity contribution is 5.92. The molecule has 156 valence electrons. The van der Waals surface area contributed by atoms with Crippen molar-refractivity contribution in [2.45, 2.75) is 32.9 Å². The van der Waals surface area contributed by atoms with Gasteiger partial charge in [-0.2, -0.15) is 0 Å². The van der Waals surface area contributed by atoms with Crippen LogP contribution in [0.15, 0.2) is 42.5 Å². The van der Waals surface area contributed by atoms with Crippen LogP contribution in [0.4, 0.5) is 0 Å². The zero-order chi connectivity index (χ0) is 21.4. The lowest BCUT2D eigenvalue weighted by atomic mass is 10.1. The van der Waals surface area contributed by atoms with Gasteiger partial charge in [0.15, 0.2) is 23.0 Å². The molecule has 6 heteroatoms. The third-order valence-corrected chi connectivity index (χ3v) is 4.24. The quantitative estimate of drug-likeness (QED) is 0.634. The molecular weight excluding hydrogens is 370 g/mol. The fraction of sp³-hybridized carbons (Fsp3) is 0.348. The first kappa shape index (κ1) is 22.1. The maximum Gasteiger partial charge on any atom is 0.244 e.